The second-order valence-electron chi connectivity index (χ2n) is 17.1. The maximum absolute atomic E-state index is 12.9. The van der Waals surface area contributed by atoms with Crippen LogP contribution in [0, 0.1) is 0 Å². The number of quaternary nitrogens is 1. The van der Waals surface area contributed by atoms with Gasteiger partial charge in [-0.3, -0.25) is 9.36 Å². The van der Waals surface area contributed by atoms with Gasteiger partial charge in [-0.1, -0.05) is 186 Å². The van der Waals surface area contributed by atoms with Crippen molar-refractivity contribution in [3.8, 4) is 0 Å². The summed E-state index contributed by atoms with van der Waals surface area (Å²) in [6, 6.07) is -0.882. The number of amides is 1. The summed E-state index contributed by atoms with van der Waals surface area (Å²) in [5.74, 6) is -0.198. The topological polar surface area (TPSA) is 108 Å². The summed E-state index contributed by atoms with van der Waals surface area (Å²) in [5.41, 5.74) is 0. The monoisotopic (exact) mass is 799 g/mol. The van der Waals surface area contributed by atoms with Crippen molar-refractivity contribution in [2.45, 2.75) is 225 Å². The molecule has 0 aliphatic carbocycles. The van der Waals surface area contributed by atoms with Gasteiger partial charge in [0, 0.05) is 6.42 Å². The number of carbonyl (C=O) groups excluding carboxylic acids is 1. The van der Waals surface area contributed by atoms with Crippen LogP contribution in [0.1, 0.15) is 213 Å². The largest absolute Gasteiger partial charge is 0.756 e. The molecule has 3 atom stereocenters. The summed E-state index contributed by atoms with van der Waals surface area (Å²) in [4.78, 5) is 25.3. The smallest absolute Gasteiger partial charge is 0.268 e. The Balaban J connectivity index is 4.29. The van der Waals surface area contributed by atoms with Crippen LogP contribution < -0.4 is 10.2 Å². The molecule has 0 radical (unpaired) electrons. The number of likely N-dealkylation sites (N-methyl/N-ethyl adjacent to an activating group) is 1. The van der Waals surface area contributed by atoms with E-state index in [9.17, 15) is 19.4 Å². The summed E-state index contributed by atoms with van der Waals surface area (Å²) >= 11 is 0. The van der Waals surface area contributed by atoms with Crippen molar-refractivity contribution in [2.24, 2.45) is 0 Å². The number of hydrogen-bond donors (Lipinski definition) is 2. The summed E-state index contributed by atoms with van der Waals surface area (Å²) in [7, 11) is 1.26. The van der Waals surface area contributed by atoms with E-state index >= 15 is 0 Å². The lowest BCUT2D eigenvalue weighted by atomic mass is 10.0. The summed E-state index contributed by atoms with van der Waals surface area (Å²) in [6.07, 6.45) is 45.1. The first-order valence-corrected chi connectivity index (χ1v) is 24.7. The summed E-state index contributed by atoms with van der Waals surface area (Å²) < 4.78 is 23.2. The molecule has 326 valence electrons. The average molecular weight is 799 g/mol. The predicted molar refractivity (Wildman–Crippen MR) is 233 cm³/mol. The van der Waals surface area contributed by atoms with E-state index in [1.54, 1.807) is 6.08 Å². The number of phosphoric ester groups is 1. The first-order chi connectivity index (χ1) is 26.5. The average Bonchev–Trinajstić information content (AvgIpc) is 3.13. The highest BCUT2D eigenvalue weighted by Gasteiger charge is 2.23. The van der Waals surface area contributed by atoms with Crippen molar-refractivity contribution in [2.75, 3.05) is 40.9 Å². The molecule has 0 aliphatic rings. The number of nitrogens with one attached hydrogen (secondary N) is 1. The number of phosphoric acid groups is 1. The molecule has 0 aromatic heterocycles. The van der Waals surface area contributed by atoms with Crippen molar-refractivity contribution in [3.05, 3.63) is 24.3 Å². The van der Waals surface area contributed by atoms with Crippen molar-refractivity contribution in [3.63, 3.8) is 0 Å². The molecular weight excluding hydrogens is 707 g/mol. The van der Waals surface area contributed by atoms with Gasteiger partial charge in [0.2, 0.25) is 5.91 Å². The first-order valence-electron chi connectivity index (χ1n) is 23.2. The molecular formula is C46H91N2O6P. The van der Waals surface area contributed by atoms with Gasteiger partial charge in [0.25, 0.3) is 7.82 Å². The predicted octanol–water partition coefficient (Wildman–Crippen LogP) is 12.3. The van der Waals surface area contributed by atoms with Crippen molar-refractivity contribution in [1.82, 2.24) is 5.32 Å². The zero-order valence-electron chi connectivity index (χ0n) is 36.9. The highest BCUT2D eigenvalue weighted by Crippen LogP contribution is 2.38. The van der Waals surface area contributed by atoms with Gasteiger partial charge in [-0.05, 0) is 44.9 Å². The van der Waals surface area contributed by atoms with Gasteiger partial charge < -0.3 is 28.8 Å². The van der Waals surface area contributed by atoms with E-state index in [0.717, 1.165) is 38.5 Å². The van der Waals surface area contributed by atoms with Gasteiger partial charge in [-0.15, -0.1) is 0 Å². The number of nitrogens with zero attached hydrogens (tertiary/aromatic N) is 1. The second kappa shape index (κ2) is 38.5. The van der Waals surface area contributed by atoms with Crippen LogP contribution in [0.25, 0.3) is 0 Å². The normalized spacial score (nSPS) is 14.5. The fourth-order valence-corrected chi connectivity index (χ4v) is 7.40. The fourth-order valence-electron chi connectivity index (χ4n) is 6.68. The zero-order chi connectivity index (χ0) is 40.7. The maximum Gasteiger partial charge on any atom is 0.268 e. The third-order valence-electron chi connectivity index (χ3n) is 10.4. The third kappa shape index (κ3) is 41.0. The van der Waals surface area contributed by atoms with Gasteiger partial charge in [0.05, 0.1) is 39.9 Å². The minimum Gasteiger partial charge on any atom is -0.756 e. The van der Waals surface area contributed by atoms with E-state index in [2.05, 4.69) is 31.3 Å². The van der Waals surface area contributed by atoms with E-state index in [1.807, 2.05) is 27.2 Å². The Morgan fingerprint density at radius 2 is 1.00 bits per heavy atom. The lowest BCUT2D eigenvalue weighted by molar-refractivity contribution is -0.870. The number of aliphatic hydroxyl groups excluding tert-OH is 1. The molecule has 8 nitrogen and oxygen atoms in total. The summed E-state index contributed by atoms with van der Waals surface area (Å²) in [6.45, 7) is 4.64. The fraction of sp³-hybridized carbons (Fsp3) is 0.891. The van der Waals surface area contributed by atoms with Crippen molar-refractivity contribution < 1.29 is 32.9 Å². The van der Waals surface area contributed by atoms with Gasteiger partial charge in [0.1, 0.15) is 13.2 Å². The van der Waals surface area contributed by atoms with Gasteiger partial charge in [0.15, 0.2) is 0 Å². The molecule has 0 saturated heterocycles. The molecule has 0 aromatic carbocycles. The van der Waals surface area contributed by atoms with Gasteiger partial charge in [-0.2, -0.15) is 0 Å². The summed E-state index contributed by atoms with van der Waals surface area (Å²) in [5, 5.41) is 13.8. The quantitative estimate of drug-likeness (QED) is 0.0276. The molecule has 0 spiro atoms. The number of hydrogen-bond acceptors (Lipinski definition) is 6. The molecule has 9 heteroatoms. The highest BCUT2D eigenvalue weighted by molar-refractivity contribution is 7.45. The molecule has 55 heavy (non-hydrogen) atoms. The SMILES string of the molecule is CCCCCCCC/C=C\CCCCCCCCCCCCCC(=O)N[C@@H](COP(=O)([O-])OCC[N+](C)(C)C)[C@H](O)/C=C/CCCCCCCCCCCC. The van der Waals surface area contributed by atoms with Crippen LogP contribution in [0.4, 0.5) is 0 Å². The van der Waals surface area contributed by atoms with Crippen molar-refractivity contribution >= 4 is 13.7 Å². The third-order valence-corrected chi connectivity index (χ3v) is 11.4. The minimum atomic E-state index is -4.58. The lowest BCUT2D eigenvalue weighted by Gasteiger charge is -2.29. The molecule has 1 unspecified atom stereocenters. The number of carbonyl (C=O) groups is 1. The lowest BCUT2D eigenvalue weighted by Crippen LogP contribution is -2.45. The molecule has 1 amide bonds. The molecule has 0 bridgehead atoms. The Morgan fingerprint density at radius 3 is 1.42 bits per heavy atom. The van der Waals surface area contributed by atoms with E-state index in [4.69, 9.17) is 9.05 Å². The number of unbranched alkanes of at least 4 members (excludes halogenated alkanes) is 27. The Hall–Kier alpha value is -1.02. The molecule has 0 heterocycles. The Labute approximate surface area is 341 Å². The standard InChI is InChI=1S/C46H91N2O6P/c1-6-8-10-12-14-16-18-20-21-22-23-24-25-26-27-28-30-32-34-36-38-40-46(50)47-44(43-54-55(51,52)53-42-41-48(3,4)5)45(49)39-37-35-33-31-29-19-17-15-13-11-9-7-2/h20-21,37,39,44-45,49H,6-19,22-36,38,40-43H2,1-5H3,(H-,47,50,51,52)/b21-20-,39-37+/t44-,45+/m0/s1. The number of allylic oxidation sites excluding steroid dienone is 3. The molecule has 0 aliphatic heterocycles. The van der Waals surface area contributed by atoms with Gasteiger partial charge >= 0.3 is 0 Å². The van der Waals surface area contributed by atoms with Crippen LogP contribution >= 0.6 is 7.82 Å². The van der Waals surface area contributed by atoms with E-state index < -0.39 is 20.0 Å². The van der Waals surface area contributed by atoms with Crippen LogP contribution in [0.15, 0.2) is 24.3 Å². The molecule has 0 fully saturated rings. The zero-order valence-corrected chi connectivity index (χ0v) is 37.8. The Bertz CT molecular complexity index is 953. The van der Waals surface area contributed by atoms with Gasteiger partial charge in [-0.25, -0.2) is 0 Å². The van der Waals surface area contributed by atoms with Crippen LogP contribution in [-0.2, 0) is 18.4 Å². The first kappa shape index (κ1) is 54.0. The second-order valence-corrected chi connectivity index (χ2v) is 18.5. The van der Waals surface area contributed by atoms with E-state index in [-0.39, 0.29) is 19.1 Å². The Kier molecular flexibility index (Phi) is 37.8. The highest BCUT2D eigenvalue weighted by atomic mass is 31.2. The molecule has 2 N–H and O–H groups in total. The Morgan fingerprint density at radius 1 is 0.618 bits per heavy atom. The van der Waals surface area contributed by atoms with E-state index in [0.29, 0.717) is 17.4 Å². The molecule has 0 rings (SSSR count). The van der Waals surface area contributed by atoms with Crippen molar-refractivity contribution in [1.29, 1.82) is 0 Å². The van der Waals surface area contributed by atoms with E-state index in [1.165, 1.54) is 154 Å². The van der Waals surface area contributed by atoms with Crippen LogP contribution in [0.3, 0.4) is 0 Å². The minimum absolute atomic E-state index is 0.0000978. The molecule has 0 saturated carbocycles. The number of rotatable bonds is 42. The van der Waals surface area contributed by atoms with Crippen LogP contribution in [-0.4, -0.2) is 68.5 Å². The van der Waals surface area contributed by atoms with Crippen LogP contribution in [0.5, 0.6) is 0 Å². The molecule has 0 aromatic rings. The maximum atomic E-state index is 12.9. The number of aliphatic hydroxyl groups is 1. The van der Waals surface area contributed by atoms with Crippen LogP contribution in [0.2, 0.25) is 0 Å².